The van der Waals surface area contributed by atoms with Gasteiger partial charge in [-0.3, -0.25) is 0 Å². The Morgan fingerprint density at radius 1 is 0.778 bits per heavy atom. The molecule has 0 aromatic heterocycles. The fourth-order valence-electron chi connectivity index (χ4n) is 3.33. The van der Waals surface area contributed by atoms with Crippen molar-refractivity contribution in [3.05, 3.63) is 78.1 Å². The minimum atomic E-state index is -4.75. The molecule has 0 unspecified atom stereocenters. The van der Waals surface area contributed by atoms with Gasteiger partial charge >= 0.3 is 6.61 Å². The number of rotatable bonds is 9. The van der Waals surface area contributed by atoms with Gasteiger partial charge in [0.1, 0.15) is 16.5 Å². The van der Waals surface area contributed by atoms with Gasteiger partial charge in [0, 0.05) is 12.1 Å². The lowest BCUT2D eigenvalue weighted by Gasteiger charge is -2.15. The summed E-state index contributed by atoms with van der Waals surface area (Å²) in [6, 6.07) is 10.6. The van der Waals surface area contributed by atoms with Crippen LogP contribution in [0.15, 0.2) is 86.3 Å². The van der Waals surface area contributed by atoms with Crippen molar-refractivity contribution in [2.24, 2.45) is 0 Å². The van der Waals surface area contributed by atoms with E-state index < -0.39 is 73.5 Å². The van der Waals surface area contributed by atoms with Crippen LogP contribution in [0.5, 0.6) is 5.75 Å². The van der Waals surface area contributed by atoms with Crippen LogP contribution in [-0.4, -0.2) is 38.1 Å². The van der Waals surface area contributed by atoms with Crippen LogP contribution in [0.3, 0.4) is 0 Å². The standard InChI is InChI=1S/C22H20F3NO7S3/c1-14(26-34(2,27)28)15-7-10-17(11-8-15)35(29,30)21-13-16(33-22(24)25)9-12-20(21)36(31,32)19-6-4-3-5-18(19)23/h3-14,22,26H,1-2H3/t14-/m0/s1. The highest BCUT2D eigenvalue weighted by Gasteiger charge is 2.32. The molecule has 0 aliphatic rings. The third-order valence-corrected chi connectivity index (χ3v) is 9.49. The highest BCUT2D eigenvalue weighted by atomic mass is 32.2. The van der Waals surface area contributed by atoms with E-state index in [1.807, 2.05) is 0 Å². The maximum Gasteiger partial charge on any atom is 0.387 e. The average molecular weight is 564 g/mol. The van der Waals surface area contributed by atoms with Crippen molar-refractivity contribution in [2.75, 3.05) is 6.26 Å². The van der Waals surface area contributed by atoms with Crippen molar-refractivity contribution in [1.29, 1.82) is 0 Å². The lowest BCUT2D eigenvalue weighted by molar-refractivity contribution is -0.0500. The molecular formula is C22H20F3NO7S3. The van der Waals surface area contributed by atoms with Crippen LogP contribution in [-0.2, 0) is 29.7 Å². The van der Waals surface area contributed by atoms with Crippen molar-refractivity contribution in [1.82, 2.24) is 4.72 Å². The molecule has 194 valence electrons. The Labute approximate surface area is 206 Å². The zero-order valence-corrected chi connectivity index (χ0v) is 21.2. The molecule has 0 saturated heterocycles. The summed E-state index contributed by atoms with van der Waals surface area (Å²) in [6.07, 6.45) is 0.953. The van der Waals surface area contributed by atoms with Gasteiger partial charge in [-0.15, -0.1) is 0 Å². The molecule has 3 aromatic rings. The Bertz CT molecular complexity index is 1590. The molecule has 0 spiro atoms. The van der Waals surface area contributed by atoms with Gasteiger partial charge in [0.15, 0.2) is 0 Å². The summed E-state index contributed by atoms with van der Waals surface area (Å²) in [6.45, 7) is -1.80. The zero-order valence-electron chi connectivity index (χ0n) is 18.7. The summed E-state index contributed by atoms with van der Waals surface area (Å²) < 4.78 is 123. The molecule has 0 aliphatic carbocycles. The van der Waals surface area contributed by atoms with E-state index in [2.05, 4.69) is 9.46 Å². The van der Waals surface area contributed by atoms with E-state index in [-0.39, 0.29) is 0 Å². The smallest absolute Gasteiger partial charge is 0.387 e. The van der Waals surface area contributed by atoms with Crippen LogP contribution in [0.2, 0.25) is 0 Å². The Balaban J connectivity index is 2.17. The average Bonchev–Trinajstić information content (AvgIpc) is 2.77. The minimum absolute atomic E-state index is 0.397. The molecule has 0 amide bonds. The SMILES string of the molecule is C[C@H](NS(C)(=O)=O)c1ccc(S(=O)(=O)c2cc(OC(F)F)ccc2S(=O)(=O)c2ccccc2F)cc1. The van der Waals surface area contributed by atoms with E-state index in [9.17, 15) is 38.4 Å². The summed E-state index contributed by atoms with van der Waals surface area (Å²) in [5.41, 5.74) is 0.397. The van der Waals surface area contributed by atoms with Gasteiger partial charge in [-0.1, -0.05) is 24.3 Å². The number of halogens is 3. The summed E-state index contributed by atoms with van der Waals surface area (Å²) in [7, 11) is -13.0. The lowest BCUT2D eigenvalue weighted by atomic mass is 10.1. The Kier molecular flexibility index (Phi) is 7.83. The van der Waals surface area contributed by atoms with E-state index in [4.69, 9.17) is 0 Å². The molecule has 1 atom stereocenters. The molecular weight excluding hydrogens is 543 g/mol. The van der Waals surface area contributed by atoms with E-state index >= 15 is 0 Å². The summed E-state index contributed by atoms with van der Waals surface area (Å²) in [4.78, 5) is -2.97. The van der Waals surface area contributed by atoms with Crippen LogP contribution in [0.4, 0.5) is 13.2 Å². The second kappa shape index (κ2) is 10.2. The van der Waals surface area contributed by atoms with Crippen molar-refractivity contribution in [3.63, 3.8) is 0 Å². The van der Waals surface area contributed by atoms with E-state index in [0.717, 1.165) is 42.7 Å². The van der Waals surface area contributed by atoms with Gasteiger partial charge in [0.2, 0.25) is 29.7 Å². The van der Waals surface area contributed by atoms with Crippen LogP contribution in [0.1, 0.15) is 18.5 Å². The molecule has 3 rings (SSSR count). The maximum atomic E-state index is 14.3. The second-order valence-corrected chi connectivity index (χ2v) is 13.2. The van der Waals surface area contributed by atoms with Crippen molar-refractivity contribution in [2.45, 2.75) is 39.2 Å². The first-order valence-corrected chi connectivity index (χ1v) is 14.9. The van der Waals surface area contributed by atoms with Crippen molar-refractivity contribution < 1.29 is 43.2 Å². The molecule has 1 N–H and O–H groups in total. The molecule has 0 bridgehead atoms. The van der Waals surface area contributed by atoms with Crippen LogP contribution in [0.25, 0.3) is 0 Å². The predicted octanol–water partition coefficient (Wildman–Crippen LogP) is 3.70. The fourth-order valence-corrected chi connectivity index (χ4v) is 7.51. The molecule has 0 radical (unpaired) electrons. The highest BCUT2D eigenvalue weighted by molar-refractivity contribution is 7.94. The molecule has 14 heteroatoms. The summed E-state index contributed by atoms with van der Waals surface area (Å²) in [5.74, 6) is -1.76. The maximum absolute atomic E-state index is 14.3. The van der Waals surface area contributed by atoms with Crippen molar-refractivity contribution in [3.8, 4) is 5.75 Å². The molecule has 0 fully saturated rings. The topological polar surface area (TPSA) is 124 Å². The molecule has 3 aromatic carbocycles. The normalized spacial score (nSPS) is 13.5. The fraction of sp³-hybridized carbons (Fsp3) is 0.182. The minimum Gasteiger partial charge on any atom is -0.435 e. The zero-order chi connectivity index (χ0) is 26.9. The third-order valence-electron chi connectivity index (χ3n) is 4.93. The van der Waals surface area contributed by atoms with Gasteiger partial charge in [-0.2, -0.15) is 8.78 Å². The van der Waals surface area contributed by atoms with E-state index in [1.54, 1.807) is 0 Å². The number of sulfonamides is 1. The Hall–Kier alpha value is -2.94. The molecule has 0 saturated carbocycles. The first-order chi connectivity index (χ1) is 16.6. The number of nitrogens with one attached hydrogen (secondary N) is 1. The molecule has 8 nitrogen and oxygen atoms in total. The highest BCUT2D eigenvalue weighted by Crippen LogP contribution is 2.35. The van der Waals surface area contributed by atoms with Crippen LogP contribution < -0.4 is 9.46 Å². The van der Waals surface area contributed by atoms with Gasteiger partial charge in [0.05, 0.1) is 20.9 Å². The van der Waals surface area contributed by atoms with Crippen molar-refractivity contribution >= 4 is 29.7 Å². The molecule has 0 aliphatic heterocycles. The van der Waals surface area contributed by atoms with Gasteiger partial charge in [-0.05, 0) is 48.9 Å². The monoisotopic (exact) mass is 563 g/mol. The summed E-state index contributed by atoms with van der Waals surface area (Å²) >= 11 is 0. The second-order valence-electron chi connectivity index (χ2n) is 7.61. The first kappa shape index (κ1) is 27.6. The number of benzene rings is 3. The largest absolute Gasteiger partial charge is 0.435 e. The number of sulfone groups is 2. The first-order valence-electron chi connectivity index (χ1n) is 10.0. The molecule has 0 heterocycles. The number of ether oxygens (including phenoxy) is 1. The summed E-state index contributed by atoms with van der Waals surface area (Å²) in [5, 5.41) is 0. The molecule has 36 heavy (non-hydrogen) atoms. The van der Waals surface area contributed by atoms with E-state index in [1.165, 1.54) is 31.2 Å². The predicted molar refractivity (Wildman–Crippen MR) is 123 cm³/mol. The number of alkyl halides is 2. The van der Waals surface area contributed by atoms with Gasteiger partial charge < -0.3 is 4.74 Å². The number of hydrogen-bond acceptors (Lipinski definition) is 7. The van der Waals surface area contributed by atoms with E-state index in [0.29, 0.717) is 11.6 Å². The third kappa shape index (κ3) is 6.06. The number of hydrogen-bond donors (Lipinski definition) is 1. The van der Waals surface area contributed by atoms with Crippen LogP contribution in [0, 0.1) is 5.82 Å². The van der Waals surface area contributed by atoms with Gasteiger partial charge in [-0.25, -0.2) is 34.4 Å². The quantitative estimate of drug-likeness (QED) is 0.421. The lowest BCUT2D eigenvalue weighted by Crippen LogP contribution is -2.25. The van der Waals surface area contributed by atoms with Gasteiger partial charge in [0.25, 0.3) is 0 Å². The Morgan fingerprint density at radius 2 is 1.39 bits per heavy atom. The Morgan fingerprint density at radius 3 is 1.94 bits per heavy atom. The van der Waals surface area contributed by atoms with Crippen LogP contribution >= 0.6 is 0 Å².